The first-order chi connectivity index (χ1) is 10.7. The molecule has 0 N–H and O–H groups in total. The van der Waals surface area contributed by atoms with E-state index in [-0.39, 0.29) is 0 Å². The van der Waals surface area contributed by atoms with Gasteiger partial charge in [-0.3, -0.25) is 0 Å². The average molecular weight is 304 g/mol. The van der Waals surface area contributed by atoms with Crippen molar-refractivity contribution < 1.29 is 0 Å². The molecular weight excluding hydrogens is 288 g/mol. The minimum Gasteiger partial charge on any atom is -0.378 e. The van der Waals surface area contributed by atoms with E-state index in [0.29, 0.717) is 0 Å². The van der Waals surface area contributed by atoms with Crippen molar-refractivity contribution in [3.63, 3.8) is 0 Å². The van der Waals surface area contributed by atoms with Gasteiger partial charge in [0.2, 0.25) is 0 Å². The van der Waals surface area contributed by atoms with Crippen molar-refractivity contribution in [3.8, 4) is 10.6 Å². The summed E-state index contributed by atoms with van der Waals surface area (Å²) in [7, 11) is 4.13. The molecule has 0 amide bonds. The van der Waals surface area contributed by atoms with E-state index in [0.717, 1.165) is 10.5 Å². The van der Waals surface area contributed by atoms with Crippen molar-refractivity contribution in [2.45, 2.75) is 0 Å². The van der Waals surface area contributed by atoms with Crippen LogP contribution in [0.3, 0.4) is 0 Å². The van der Waals surface area contributed by atoms with E-state index in [1.54, 1.807) is 11.3 Å². The molecule has 0 saturated heterocycles. The average Bonchev–Trinajstić information content (AvgIpc) is 2.97. The fraction of sp³-hybridized carbons (Fsp3) is 0.105. The smallest absolute Gasteiger partial charge is 0.124 e. The molecule has 0 saturated carbocycles. The van der Waals surface area contributed by atoms with Crippen molar-refractivity contribution in [1.82, 2.24) is 4.98 Å². The molecule has 4 rings (SSSR count). The molecule has 3 heteroatoms. The van der Waals surface area contributed by atoms with E-state index in [2.05, 4.69) is 73.6 Å². The Bertz CT molecular complexity index is 936. The van der Waals surface area contributed by atoms with Crippen LogP contribution in [0.2, 0.25) is 0 Å². The van der Waals surface area contributed by atoms with Gasteiger partial charge in [-0.25, -0.2) is 4.98 Å². The van der Waals surface area contributed by atoms with Gasteiger partial charge in [-0.05, 0) is 41.1 Å². The quantitative estimate of drug-likeness (QED) is 0.507. The summed E-state index contributed by atoms with van der Waals surface area (Å²) in [6.45, 7) is 0. The van der Waals surface area contributed by atoms with Crippen molar-refractivity contribution in [3.05, 3.63) is 60.7 Å². The number of para-hydroxylation sites is 1. The summed E-state index contributed by atoms with van der Waals surface area (Å²) < 4.78 is 1.24. The van der Waals surface area contributed by atoms with Crippen molar-refractivity contribution in [2.24, 2.45) is 0 Å². The van der Waals surface area contributed by atoms with E-state index < -0.39 is 0 Å². The predicted octanol–water partition coefficient (Wildman–Crippen LogP) is 5.18. The molecule has 0 unspecified atom stereocenters. The fourth-order valence-electron chi connectivity index (χ4n) is 2.64. The maximum absolute atomic E-state index is 4.75. The third-order valence-electron chi connectivity index (χ3n) is 3.88. The van der Waals surface area contributed by atoms with Gasteiger partial charge in [-0.1, -0.05) is 30.3 Å². The van der Waals surface area contributed by atoms with E-state index in [9.17, 15) is 0 Å². The van der Waals surface area contributed by atoms with Gasteiger partial charge in [0.05, 0.1) is 10.2 Å². The Balaban J connectivity index is 1.83. The maximum Gasteiger partial charge on any atom is 0.124 e. The van der Waals surface area contributed by atoms with Crippen LogP contribution in [0.5, 0.6) is 0 Å². The van der Waals surface area contributed by atoms with Gasteiger partial charge in [-0.15, -0.1) is 11.3 Å². The zero-order valence-corrected chi connectivity index (χ0v) is 13.4. The first kappa shape index (κ1) is 13.3. The van der Waals surface area contributed by atoms with Gasteiger partial charge in [0.1, 0.15) is 5.01 Å². The molecule has 1 heterocycles. The number of nitrogens with zero attached hydrogens (tertiary/aromatic N) is 2. The molecule has 3 aromatic carbocycles. The highest BCUT2D eigenvalue weighted by atomic mass is 32.1. The topological polar surface area (TPSA) is 16.1 Å². The van der Waals surface area contributed by atoms with Crippen LogP contribution in [0.15, 0.2) is 60.7 Å². The molecule has 0 atom stereocenters. The van der Waals surface area contributed by atoms with E-state index in [1.165, 1.54) is 26.7 Å². The Morgan fingerprint density at radius 2 is 1.64 bits per heavy atom. The molecule has 4 aromatic rings. The highest BCUT2D eigenvalue weighted by Crippen LogP contribution is 2.32. The number of aromatic nitrogens is 1. The highest BCUT2D eigenvalue weighted by Gasteiger charge is 2.07. The molecule has 0 aliphatic rings. The van der Waals surface area contributed by atoms with Crippen molar-refractivity contribution >= 4 is 38.0 Å². The van der Waals surface area contributed by atoms with Gasteiger partial charge < -0.3 is 4.90 Å². The Labute approximate surface area is 133 Å². The third kappa shape index (κ3) is 2.24. The molecule has 0 radical (unpaired) electrons. The van der Waals surface area contributed by atoms with E-state index >= 15 is 0 Å². The van der Waals surface area contributed by atoms with Crippen LogP contribution in [0, 0.1) is 0 Å². The summed E-state index contributed by atoms with van der Waals surface area (Å²) >= 11 is 1.75. The highest BCUT2D eigenvalue weighted by molar-refractivity contribution is 7.21. The summed E-state index contributed by atoms with van der Waals surface area (Å²) in [6.07, 6.45) is 0. The zero-order valence-electron chi connectivity index (χ0n) is 12.6. The van der Waals surface area contributed by atoms with Crippen LogP contribution in [-0.4, -0.2) is 19.1 Å². The second kappa shape index (κ2) is 5.11. The van der Waals surface area contributed by atoms with Crippen molar-refractivity contribution in [1.29, 1.82) is 0 Å². The monoisotopic (exact) mass is 304 g/mol. The number of rotatable bonds is 2. The lowest BCUT2D eigenvalue weighted by molar-refractivity contribution is 1.14. The normalized spacial score (nSPS) is 11.2. The molecule has 22 heavy (non-hydrogen) atoms. The number of hydrogen-bond acceptors (Lipinski definition) is 3. The first-order valence-electron chi connectivity index (χ1n) is 7.28. The Kier molecular flexibility index (Phi) is 3.09. The largest absolute Gasteiger partial charge is 0.378 e. The van der Waals surface area contributed by atoms with Gasteiger partial charge in [0.25, 0.3) is 0 Å². The van der Waals surface area contributed by atoms with Crippen LogP contribution < -0.4 is 4.90 Å². The van der Waals surface area contributed by atoms with Crippen LogP contribution in [0.4, 0.5) is 5.69 Å². The van der Waals surface area contributed by atoms with Crippen LogP contribution in [-0.2, 0) is 0 Å². The minimum atomic E-state index is 1.07. The predicted molar refractivity (Wildman–Crippen MR) is 96.9 cm³/mol. The SMILES string of the molecule is CN(C)c1ccc2cc(-c3nc4ccccc4s3)ccc2c1. The Hall–Kier alpha value is -2.39. The second-order valence-electron chi connectivity index (χ2n) is 5.63. The lowest BCUT2D eigenvalue weighted by atomic mass is 10.1. The number of benzene rings is 3. The molecule has 0 bridgehead atoms. The second-order valence-corrected chi connectivity index (χ2v) is 6.66. The maximum atomic E-state index is 4.75. The van der Waals surface area contributed by atoms with Gasteiger partial charge in [0, 0.05) is 25.3 Å². The fourth-order valence-corrected chi connectivity index (χ4v) is 3.60. The Morgan fingerprint density at radius 1 is 0.864 bits per heavy atom. The summed E-state index contributed by atoms with van der Waals surface area (Å²) in [4.78, 5) is 6.87. The van der Waals surface area contributed by atoms with Crippen LogP contribution >= 0.6 is 11.3 Å². The number of anilines is 1. The third-order valence-corrected chi connectivity index (χ3v) is 4.97. The van der Waals surface area contributed by atoms with Gasteiger partial charge >= 0.3 is 0 Å². The lowest BCUT2D eigenvalue weighted by Crippen LogP contribution is -2.07. The molecular formula is C19H16N2S. The minimum absolute atomic E-state index is 1.07. The molecule has 108 valence electrons. The lowest BCUT2D eigenvalue weighted by Gasteiger charge is -2.13. The van der Waals surface area contributed by atoms with Crippen LogP contribution in [0.25, 0.3) is 31.6 Å². The first-order valence-corrected chi connectivity index (χ1v) is 8.09. The molecule has 0 fully saturated rings. The number of thiazole rings is 1. The summed E-state index contributed by atoms with van der Waals surface area (Å²) in [5, 5.41) is 3.60. The standard InChI is InChI=1S/C19H16N2S/c1-21(2)16-10-9-13-11-15(8-7-14(13)12-16)19-20-17-5-3-4-6-18(17)22-19/h3-12H,1-2H3. The van der Waals surface area contributed by atoms with Crippen LogP contribution in [0.1, 0.15) is 0 Å². The zero-order chi connectivity index (χ0) is 15.1. The molecule has 0 spiro atoms. The molecule has 0 aliphatic heterocycles. The van der Waals surface area contributed by atoms with E-state index in [4.69, 9.17) is 4.98 Å². The van der Waals surface area contributed by atoms with Crippen molar-refractivity contribution in [2.75, 3.05) is 19.0 Å². The van der Waals surface area contributed by atoms with Gasteiger partial charge in [-0.2, -0.15) is 0 Å². The van der Waals surface area contributed by atoms with E-state index in [1.807, 2.05) is 6.07 Å². The molecule has 2 nitrogen and oxygen atoms in total. The summed E-state index contributed by atoms with van der Waals surface area (Å²) in [5.74, 6) is 0. The molecule has 1 aromatic heterocycles. The number of hydrogen-bond donors (Lipinski definition) is 0. The Morgan fingerprint density at radius 3 is 2.45 bits per heavy atom. The summed E-state index contributed by atoms with van der Waals surface area (Å²) in [6, 6.07) is 21.4. The number of fused-ring (bicyclic) bond motifs is 2. The summed E-state index contributed by atoms with van der Waals surface area (Å²) in [5.41, 5.74) is 3.48. The molecule has 0 aliphatic carbocycles. The van der Waals surface area contributed by atoms with Gasteiger partial charge in [0.15, 0.2) is 0 Å².